The Morgan fingerprint density at radius 3 is 1.71 bits per heavy atom. The lowest BCUT2D eigenvalue weighted by Gasteiger charge is -2.16. The molecule has 0 aromatic rings. The lowest BCUT2D eigenvalue weighted by molar-refractivity contribution is -0.122. The number of aliphatic hydroxyl groups is 1. The summed E-state index contributed by atoms with van der Waals surface area (Å²) in [6, 6.07) is 0. The van der Waals surface area contributed by atoms with Crippen LogP contribution in [0, 0.1) is 0 Å². The van der Waals surface area contributed by atoms with Crippen molar-refractivity contribution in [3.05, 3.63) is 0 Å². The summed E-state index contributed by atoms with van der Waals surface area (Å²) in [5, 5.41) is 12.3. The van der Waals surface area contributed by atoms with Crippen molar-refractivity contribution in [3.63, 3.8) is 0 Å². The van der Waals surface area contributed by atoms with Gasteiger partial charge in [-0.3, -0.25) is 4.79 Å². The van der Waals surface area contributed by atoms with E-state index in [9.17, 15) is 9.90 Å². The van der Waals surface area contributed by atoms with Crippen molar-refractivity contribution in [2.24, 2.45) is 0 Å². The van der Waals surface area contributed by atoms with Gasteiger partial charge >= 0.3 is 0 Å². The van der Waals surface area contributed by atoms with Gasteiger partial charge in [-0.1, -0.05) is 104 Å². The maximum absolute atomic E-state index is 11.9. The van der Waals surface area contributed by atoms with Gasteiger partial charge in [-0.2, -0.15) is 0 Å². The molecule has 28 heavy (non-hydrogen) atoms. The second-order valence-electron chi connectivity index (χ2n) is 8.18. The van der Waals surface area contributed by atoms with Gasteiger partial charge in [0, 0.05) is 19.6 Å². The molecule has 4 heteroatoms. The number of rotatable bonds is 22. The Balaban J connectivity index is 3.42. The summed E-state index contributed by atoms with van der Waals surface area (Å²) < 4.78 is 5.67. The third kappa shape index (κ3) is 20.1. The molecule has 0 saturated heterocycles. The maximum Gasteiger partial charge on any atom is 0.220 e. The summed E-state index contributed by atoms with van der Waals surface area (Å²) in [5.41, 5.74) is 0. The molecule has 0 aromatic carbocycles. The van der Waals surface area contributed by atoms with E-state index < -0.39 is 0 Å². The third-order valence-electron chi connectivity index (χ3n) is 5.34. The lowest BCUT2D eigenvalue weighted by atomic mass is 10.1. The van der Waals surface area contributed by atoms with E-state index in [0.717, 1.165) is 19.3 Å². The van der Waals surface area contributed by atoms with Gasteiger partial charge in [-0.05, 0) is 12.8 Å². The highest BCUT2D eigenvalue weighted by molar-refractivity contribution is 5.75. The van der Waals surface area contributed by atoms with Crippen LogP contribution < -0.4 is 5.32 Å². The Labute approximate surface area is 175 Å². The summed E-state index contributed by atoms with van der Waals surface area (Å²) in [4.78, 5) is 11.9. The highest BCUT2D eigenvalue weighted by Crippen LogP contribution is 2.12. The Hall–Kier alpha value is -0.610. The highest BCUT2D eigenvalue weighted by Gasteiger charge is 2.09. The van der Waals surface area contributed by atoms with Crippen molar-refractivity contribution in [2.45, 2.75) is 129 Å². The first-order valence-electron chi connectivity index (χ1n) is 12.2. The summed E-state index contributed by atoms with van der Waals surface area (Å²) in [5.74, 6) is 0.0842. The smallest absolute Gasteiger partial charge is 0.220 e. The van der Waals surface area contributed by atoms with Gasteiger partial charge in [-0.25, -0.2) is 0 Å². The second kappa shape index (κ2) is 22.7. The zero-order valence-corrected chi connectivity index (χ0v) is 19.0. The number of hydrogen-bond acceptors (Lipinski definition) is 3. The van der Waals surface area contributed by atoms with Crippen LogP contribution in [-0.2, 0) is 9.53 Å². The number of hydrogen-bond donors (Lipinski definition) is 2. The van der Waals surface area contributed by atoms with E-state index in [1.807, 2.05) is 0 Å². The Morgan fingerprint density at radius 2 is 1.21 bits per heavy atom. The molecule has 168 valence electrons. The molecule has 0 bridgehead atoms. The van der Waals surface area contributed by atoms with E-state index in [1.165, 1.54) is 83.5 Å². The Bertz CT molecular complexity index is 323. The molecule has 0 heterocycles. The first kappa shape index (κ1) is 27.4. The molecule has 0 spiro atoms. The van der Waals surface area contributed by atoms with Crippen LogP contribution in [0.15, 0.2) is 0 Å². The number of nitrogens with one attached hydrogen (secondary N) is 1. The van der Waals surface area contributed by atoms with Gasteiger partial charge in [0.25, 0.3) is 0 Å². The fraction of sp³-hybridized carbons (Fsp3) is 0.958. The number of unbranched alkanes of at least 4 members (excludes halogenated alkanes) is 14. The fourth-order valence-corrected chi connectivity index (χ4v) is 3.40. The van der Waals surface area contributed by atoms with E-state index >= 15 is 0 Å². The maximum atomic E-state index is 11.9. The molecule has 0 aliphatic carbocycles. The van der Waals surface area contributed by atoms with Gasteiger partial charge in [0.2, 0.25) is 5.91 Å². The van der Waals surface area contributed by atoms with Crippen LogP contribution in [-0.4, -0.2) is 36.9 Å². The van der Waals surface area contributed by atoms with Crippen molar-refractivity contribution >= 4 is 5.91 Å². The summed E-state index contributed by atoms with van der Waals surface area (Å²) in [6.45, 7) is 5.52. The molecule has 0 aromatic heterocycles. The number of ether oxygens (including phenoxy) is 1. The average molecular weight is 400 g/mol. The van der Waals surface area contributed by atoms with Crippen LogP contribution >= 0.6 is 0 Å². The summed E-state index contributed by atoms with van der Waals surface area (Å²) in [6.07, 6.45) is 20.5. The first-order chi connectivity index (χ1) is 13.7. The van der Waals surface area contributed by atoms with Crippen LogP contribution in [0.3, 0.4) is 0 Å². The molecule has 0 aliphatic heterocycles. The van der Waals surface area contributed by atoms with Crippen LogP contribution in [0.4, 0.5) is 0 Å². The zero-order valence-electron chi connectivity index (χ0n) is 19.0. The van der Waals surface area contributed by atoms with Gasteiger partial charge in [-0.15, -0.1) is 0 Å². The van der Waals surface area contributed by atoms with E-state index in [0.29, 0.717) is 19.6 Å². The molecule has 0 radical (unpaired) electrons. The molecular formula is C24H49NO3. The van der Waals surface area contributed by atoms with Crippen LogP contribution in [0.1, 0.15) is 123 Å². The minimum Gasteiger partial charge on any atom is -0.394 e. The minimum atomic E-state index is -0.271. The standard InChI is InChI=1S/C24H49NO3/c1-3-5-7-9-10-11-12-13-14-15-17-19-24(27)25-21-23(22-26)28-20-18-16-8-6-4-2/h23,26H,3-22H2,1-2H3,(H,25,27). The van der Waals surface area contributed by atoms with Crippen LogP contribution in [0.25, 0.3) is 0 Å². The molecule has 1 atom stereocenters. The van der Waals surface area contributed by atoms with E-state index in [1.54, 1.807) is 0 Å². The highest BCUT2D eigenvalue weighted by atomic mass is 16.5. The SMILES string of the molecule is CCCCCCCCCCCCCC(=O)NCC(CO)OCCCCCCC. The van der Waals surface area contributed by atoms with Crippen molar-refractivity contribution in [2.75, 3.05) is 19.8 Å². The molecule has 0 rings (SSSR count). The summed E-state index contributed by atoms with van der Waals surface area (Å²) >= 11 is 0. The largest absolute Gasteiger partial charge is 0.394 e. The number of carbonyl (C=O) groups excluding carboxylic acids is 1. The normalized spacial score (nSPS) is 12.2. The van der Waals surface area contributed by atoms with Crippen LogP contribution in [0.2, 0.25) is 0 Å². The molecule has 1 unspecified atom stereocenters. The van der Waals surface area contributed by atoms with Crippen molar-refractivity contribution in [3.8, 4) is 0 Å². The number of carbonyl (C=O) groups is 1. The van der Waals surface area contributed by atoms with Crippen molar-refractivity contribution in [1.82, 2.24) is 5.32 Å². The topological polar surface area (TPSA) is 58.6 Å². The molecule has 0 aliphatic rings. The molecule has 0 saturated carbocycles. The minimum absolute atomic E-state index is 0.0340. The van der Waals surface area contributed by atoms with E-state index in [2.05, 4.69) is 19.2 Å². The lowest BCUT2D eigenvalue weighted by Crippen LogP contribution is -2.35. The summed E-state index contributed by atoms with van der Waals surface area (Å²) in [7, 11) is 0. The molecule has 4 nitrogen and oxygen atoms in total. The van der Waals surface area contributed by atoms with Gasteiger partial charge in [0.1, 0.15) is 0 Å². The molecule has 2 N–H and O–H groups in total. The van der Waals surface area contributed by atoms with Crippen molar-refractivity contribution < 1.29 is 14.6 Å². The second-order valence-corrected chi connectivity index (χ2v) is 8.18. The Morgan fingerprint density at radius 1 is 0.750 bits per heavy atom. The average Bonchev–Trinajstić information content (AvgIpc) is 2.71. The third-order valence-corrected chi connectivity index (χ3v) is 5.34. The Kier molecular flexibility index (Phi) is 22.2. The van der Waals surface area contributed by atoms with Gasteiger partial charge in [0.15, 0.2) is 0 Å². The van der Waals surface area contributed by atoms with Gasteiger partial charge in [0.05, 0.1) is 12.7 Å². The monoisotopic (exact) mass is 399 g/mol. The van der Waals surface area contributed by atoms with E-state index in [4.69, 9.17) is 4.74 Å². The number of aliphatic hydroxyl groups excluding tert-OH is 1. The molecule has 1 amide bonds. The molecule has 0 fully saturated rings. The van der Waals surface area contributed by atoms with Crippen molar-refractivity contribution in [1.29, 1.82) is 0 Å². The fourth-order valence-electron chi connectivity index (χ4n) is 3.40. The predicted molar refractivity (Wildman–Crippen MR) is 120 cm³/mol. The van der Waals surface area contributed by atoms with E-state index in [-0.39, 0.29) is 18.6 Å². The molecular weight excluding hydrogens is 350 g/mol. The zero-order chi connectivity index (χ0) is 20.7. The number of amides is 1. The van der Waals surface area contributed by atoms with Crippen LogP contribution in [0.5, 0.6) is 0 Å². The predicted octanol–water partition coefficient (Wildman–Crippen LogP) is 6.15. The first-order valence-corrected chi connectivity index (χ1v) is 12.2. The quantitative estimate of drug-likeness (QED) is 0.215. The van der Waals surface area contributed by atoms with Gasteiger partial charge < -0.3 is 15.2 Å².